The molecule has 1 amide bonds. The van der Waals surface area contributed by atoms with Gasteiger partial charge in [-0.3, -0.25) is 9.59 Å². The van der Waals surface area contributed by atoms with Crippen LogP contribution in [0, 0.1) is 11.3 Å². The molecule has 1 fully saturated rings. The molecule has 19 heavy (non-hydrogen) atoms. The summed E-state index contributed by atoms with van der Waals surface area (Å²) in [6.45, 7) is 2.21. The molecule has 1 aromatic rings. The van der Waals surface area contributed by atoms with Crippen molar-refractivity contribution in [2.75, 3.05) is 6.54 Å². The Labute approximate surface area is 110 Å². The van der Waals surface area contributed by atoms with E-state index in [2.05, 4.69) is 32.9 Å². The number of rotatable bonds is 4. The Balaban J connectivity index is 1.98. The van der Waals surface area contributed by atoms with Crippen LogP contribution in [-0.2, 0) is 4.79 Å². The Morgan fingerprint density at radius 3 is 2.68 bits per heavy atom. The number of aromatic nitrogens is 4. The van der Waals surface area contributed by atoms with Gasteiger partial charge in [0, 0.05) is 6.54 Å². The maximum Gasteiger partial charge on any atom is 0.311 e. The van der Waals surface area contributed by atoms with E-state index in [1.165, 1.54) is 0 Å². The van der Waals surface area contributed by atoms with Gasteiger partial charge in [0.15, 0.2) is 0 Å². The number of aliphatic carboxylic acids is 1. The summed E-state index contributed by atoms with van der Waals surface area (Å²) in [5, 5.41) is 24.6. The largest absolute Gasteiger partial charge is 0.481 e. The van der Waals surface area contributed by atoms with Gasteiger partial charge < -0.3 is 10.4 Å². The molecule has 1 aliphatic rings. The van der Waals surface area contributed by atoms with Crippen LogP contribution < -0.4 is 5.32 Å². The molecule has 1 aliphatic carbocycles. The standard InChI is InChI=1S/C11H17N5O3/c1-7-2-4-11(5-3-7,10(18)19)6-12-9(17)8-13-15-16-14-8/h7H,2-6H2,1H3,(H,12,17)(H,18,19)(H,13,14,15,16). The third-order valence-corrected chi connectivity index (χ3v) is 3.82. The summed E-state index contributed by atoms with van der Waals surface area (Å²) < 4.78 is 0. The number of hydrogen-bond donors (Lipinski definition) is 3. The number of carboxylic acid groups (broad SMARTS) is 1. The molecule has 0 unspecified atom stereocenters. The van der Waals surface area contributed by atoms with Gasteiger partial charge in [0.05, 0.1) is 5.41 Å². The minimum absolute atomic E-state index is 0.0790. The molecule has 0 bridgehead atoms. The van der Waals surface area contributed by atoms with Gasteiger partial charge in [0.2, 0.25) is 0 Å². The minimum Gasteiger partial charge on any atom is -0.481 e. The van der Waals surface area contributed by atoms with Gasteiger partial charge in [0.25, 0.3) is 11.7 Å². The molecular formula is C11H17N5O3. The topological polar surface area (TPSA) is 121 Å². The van der Waals surface area contributed by atoms with E-state index >= 15 is 0 Å². The minimum atomic E-state index is -0.869. The highest BCUT2D eigenvalue weighted by Crippen LogP contribution is 2.38. The number of carbonyl (C=O) groups excluding carboxylic acids is 1. The van der Waals surface area contributed by atoms with Crippen LogP contribution in [0.2, 0.25) is 0 Å². The van der Waals surface area contributed by atoms with Crippen LogP contribution in [0.25, 0.3) is 0 Å². The molecule has 0 saturated heterocycles. The number of amides is 1. The number of carboxylic acids is 1. The third-order valence-electron chi connectivity index (χ3n) is 3.82. The molecule has 8 heteroatoms. The fraction of sp³-hybridized carbons (Fsp3) is 0.727. The second kappa shape index (κ2) is 5.33. The van der Waals surface area contributed by atoms with Gasteiger partial charge in [-0.25, -0.2) is 0 Å². The zero-order valence-electron chi connectivity index (χ0n) is 10.7. The van der Waals surface area contributed by atoms with E-state index in [0.717, 1.165) is 12.8 Å². The molecule has 0 spiro atoms. The molecule has 104 valence electrons. The van der Waals surface area contributed by atoms with Crippen molar-refractivity contribution in [3.05, 3.63) is 5.82 Å². The molecule has 2 rings (SSSR count). The van der Waals surface area contributed by atoms with Crippen molar-refractivity contribution in [1.29, 1.82) is 0 Å². The lowest BCUT2D eigenvalue weighted by atomic mass is 9.71. The zero-order chi connectivity index (χ0) is 13.9. The number of hydrogen-bond acceptors (Lipinski definition) is 5. The Bertz CT molecular complexity index is 451. The van der Waals surface area contributed by atoms with Crippen molar-refractivity contribution in [2.45, 2.75) is 32.6 Å². The van der Waals surface area contributed by atoms with Gasteiger partial charge in [-0.1, -0.05) is 6.92 Å². The first kappa shape index (κ1) is 13.4. The van der Waals surface area contributed by atoms with E-state index in [0.29, 0.717) is 18.8 Å². The fourth-order valence-electron chi connectivity index (χ4n) is 2.37. The third kappa shape index (κ3) is 2.88. The van der Waals surface area contributed by atoms with Crippen LogP contribution in [0.4, 0.5) is 0 Å². The van der Waals surface area contributed by atoms with Crippen LogP contribution in [0.5, 0.6) is 0 Å². The number of nitrogens with zero attached hydrogens (tertiary/aromatic N) is 3. The number of H-pyrrole nitrogens is 1. The average Bonchev–Trinajstić information content (AvgIpc) is 2.92. The maximum absolute atomic E-state index is 11.7. The average molecular weight is 267 g/mol. The second-order valence-electron chi connectivity index (χ2n) is 5.19. The highest BCUT2D eigenvalue weighted by Gasteiger charge is 2.41. The monoisotopic (exact) mass is 267 g/mol. The van der Waals surface area contributed by atoms with Crippen LogP contribution in [0.15, 0.2) is 0 Å². The number of nitrogens with one attached hydrogen (secondary N) is 2. The van der Waals surface area contributed by atoms with Crippen molar-refractivity contribution >= 4 is 11.9 Å². The van der Waals surface area contributed by atoms with Crippen molar-refractivity contribution in [2.24, 2.45) is 11.3 Å². The molecule has 0 aromatic carbocycles. The number of aromatic amines is 1. The van der Waals surface area contributed by atoms with Crippen LogP contribution in [-0.4, -0.2) is 44.2 Å². The maximum atomic E-state index is 11.7. The fourth-order valence-corrected chi connectivity index (χ4v) is 2.37. The first-order valence-corrected chi connectivity index (χ1v) is 6.28. The van der Waals surface area contributed by atoms with E-state index in [4.69, 9.17) is 0 Å². The first-order chi connectivity index (χ1) is 9.03. The molecule has 1 saturated carbocycles. The smallest absolute Gasteiger partial charge is 0.311 e. The van der Waals surface area contributed by atoms with Crippen LogP contribution >= 0.6 is 0 Å². The van der Waals surface area contributed by atoms with Crippen molar-refractivity contribution in [1.82, 2.24) is 25.9 Å². The molecule has 8 nitrogen and oxygen atoms in total. The second-order valence-corrected chi connectivity index (χ2v) is 5.19. The van der Waals surface area contributed by atoms with Gasteiger partial charge in [-0.2, -0.15) is 5.21 Å². The molecule has 1 heterocycles. The van der Waals surface area contributed by atoms with Gasteiger partial charge in [-0.15, -0.1) is 10.2 Å². The lowest BCUT2D eigenvalue weighted by Gasteiger charge is -2.35. The van der Waals surface area contributed by atoms with Gasteiger partial charge >= 0.3 is 5.97 Å². The van der Waals surface area contributed by atoms with Crippen LogP contribution in [0.1, 0.15) is 43.2 Å². The zero-order valence-corrected chi connectivity index (χ0v) is 10.7. The molecule has 0 aliphatic heterocycles. The Hall–Kier alpha value is -1.99. The molecule has 3 N–H and O–H groups in total. The van der Waals surface area contributed by atoms with Gasteiger partial charge in [0.1, 0.15) is 0 Å². The van der Waals surface area contributed by atoms with E-state index in [1.807, 2.05) is 0 Å². The summed E-state index contributed by atoms with van der Waals surface area (Å²) in [6, 6.07) is 0. The highest BCUT2D eigenvalue weighted by molar-refractivity contribution is 5.90. The summed E-state index contributed by atoms with van der Waals surface area (Å²) in [4.78, 5) is 23.2. The molecular weight excluding hydrogens is 250 g/mol. The highest BCUT2D eigenvalue weighted by atomic mass is 16.4. The lowest BCUT2D eigenvalue weighted by Crippen LogP contribution is -2.45. The number of carbonyl (C=O) groups is 2. The summed E-state index contributed by atoms with van der Waals surface area (Å²) in [5.74, 6) is -0.897. The predicted octanol–water partition coefficient (Wildman–Crippen LogP) is 0.211. The van der Waals surface area contributed by atoms with Crippen molar-refractivity contribution in [3.8, 4) is 0 Å². The Kier molecular flexibility index (Phi) is 3.77. The number of tetrazole rings is 1. The van der Waals surface area contributed by atoms with Gasteiger partial charge in [-0.05, 0) is 36.8 Å². The normalized spacial score (nSPS) is 26.9. The first-order valence-electron chi connectivity index (χ1n) is 6.28. The Morgan fingerprint density at radius 2 is 2.16 bits per heavy atom. The van der Waals surface area contributed by atoms with Crippen LogP contribution in [0.3, 0.4) is 0 Å². The van der Waals surface area contributed by atoms with E-state index in [9.17, 15) is 14.7 Å². The summed E-state index contributed by atoms with van der Waals surface area (Å²) in [5.41, 5.74) is -0.869. The SMILES string of the molecule is CC1CCC(CNC(=O)c2nn[nH]n2)(C(=O)O)CC1. The van der Waals surface area contributed by atoms with E-state index in [1.54, 1.807) is 0 Å². The summed E-state index contributed by atoms with van der Waals surface area (Å²) in [6.07, 6.45) is 2.89. The summed E-state index contributed by atoms with van der Waals surface area (Å²) >= 11 is 0. The van der Waals surface area contributed by atoms with E-state index in [-0.39, 0.29) is 12.4 Å². The lowest BCUT2D eigenvalue weighted by molar-refractivity contribution is -0.151. The quantitative estimate of drug-likeness (QED) is 0.717. The van der Waals surface area contributed by atoms with E-state index < -0.39 is 17.3 Å². The molecule has 0 radical (unpaired) electrons. The van der Waals surface area contributed by atoms with Crippen molar-refractivity contribution in [3.63, 3.8) is 0 Å². The predicted molar refractivity (Wildman–Crippen MR) is 64.2 cm³/mol. The summed E-state index contributed by atoms with van der Waals surface area (Å²) in [7, 11) is 0. The Morgan fingerprint density at radius 1 is 1.47 bits per heavy atom. The molecule has 1 aromatic heterocycles. The molecule has 0 atom stereocenters. The van der Waals surface area contributed by atoms with Crippen molar-refractivity contribution < 1.29 is 14.7 Å².